The van der Waals surface area contributed by atoms with Crippen LogP contribution in [0.5, 0.6) is 11.5 Å². The van der Waals surface area contributed by atoms with Crippen LogP contribution in [0.15, 0.2) is 30.7 Å². The standard InChI is InChI=1S/C29H41FN6O4S/c1-4-36(20(2)3)28(37)24-13-22(30)5-6-25(24)40-26-14-31-19-32-27(26)35-12-9-21(16-35)15-34-17-29(18-34)10-7-23(8-11-29)33-41(38)39/h5-6,13-14,19-21,23,33H,4,7-12,15-18H2,1-3H3,(H,38,39)/p-1/t21-/m1/s1. The first kappa shape index (κ1) is 29.8. The Bertz CT molecular complexity index is 1250. The number of rotatable bonds is 10. The Kier molecular flexibility index (Phi) is 9.22. The van der Waals surface area contributed by atoms with Gasteiger partial charge in [0.1, 0.15) is 17.9 Å². The Morgan fingerprint density at radius 3 is 2.71 bits per heavy atom. The van der Waals surface area contributed by atoms with Gasteiger partial charge in [-0.25, -0.2) is 19.1 Å². The Morgan fingerprint density at radius 1 is 1.27 bits per heavy atom. The molecule has 2 aliphatic heterocycles. The van der Waals surface area contributed by atoms with E-state index < -0.39 is 17.1 Å². The van der Waals surface area contributed by atoms with Gasteiger partial charge >= 0.3 is 0 Å². The van der Waals surface area contributed by atoms with Crippen molar-refractivity contribution >= 4 is 23.0 Å². The maximum Gasteiger partial charge on any atom is 0.257 e. The van der Waals surface area contributed by atoms with E-state index in [0.717, 1.165) is 64.8 Å². The fraction of sp³-hybridized carbons (Fsp3) is 0.621. The highest BCUT2D eigenvalue weighted by Crippen LogP contribution is 2.44. The summed E-state index contributed by atoms with van der Waals surface area (Å²) < 4.78 is 45.0. The lowest BCUT2D eigenvalue weighted by molar-refractivity contribution is -0.0386. The minimum absolute atomic E-state index is 0.0372. The summed E-state index contributed by atoms with van der Waals surface area (Å²) in [6.07, 6.45) is 8.08. The number of hydrogen-bond acceptors (Lipinski definition) is 8. The molecule has 41 heavy (non-hydrogen) atoms. The lowest BCUT2D eigenvalue weighted by atomic mass is 9.67. The zero-order valence-electron chi connectivity index (χ0n) is 24.1. The van der Waals surface area contributed by atoms with Crippen LogP contribution < -0.4 is 14.4 Å². The number of carbonyl (C=O) groups is 1. The molecule has 0 bridgehead atoms. The van der Waals surface area contributed by atoms with Crippen molar-refractivity contribution in [3.63, 3.8) is 0 Å². The minimum Gasteiger partial charge on any atom is -0.760 e. The molecule has 3 aliphatic rings. The van der Waals surface area contributed by atoms with Gasteiger partial charge in [-0.05, 0) is 82.4 Å². The monoisotopic (exact) mass is 587 g/mol. The van der Waals surface area contributed by atoms with Gasteiger partial charge in [-0.1, -0.05) is 0 Å². The molecule has 1 unspecified atom stereocenters. The molecule has 1 spiro atoms. The fourth-order valence-corrected chi connectivity index (χ4v) is 7.27. The molecule has 1 aromatic heterocycles. The molecule has 12 heteroatoms. The second-order valence-electron chi connectivity index (χ2n) is 12.0. The second-order valence-corrected chi connectivity index (χ2v) is 12.7. The normalized spacial score (nSPS) is 21.7. The molecule has 1 aliphatic carbocycles. The quantitative estimate of drug-likeness (QED) is 0.419. The average Bonchev–Trinajstić information content (AvgIpc) is 3.38. The van der Waals surface area contributed by atoms with Crippen molar-refractivity contribution in [2.75, 3.05) is 44.2 Å². The topological polar surface area (TPSA) is 114 Å². The van der Waals surface area contributed by atoms with Crippen LogP contribution in [-0.4, -0.2) is 85.8 Å². The number of likely N-dealkylation sites (tertiary alicyclic amines) is 1. The summed E-state index contributed by atoms with van der Waals surface area (Å²) in [5.74, 6) is 1.09. The second kappa shape index (κ2) is 12.7. The van der Waals surface area contributed by atoms with Gasteiger partial charge in [0.25, 0.3) is 5.91 Å². The first-order valence-electron chi connectivity index (χ1n) is 14.6. The third-order valence-electron chi connectivity index (χ3n) is 8.80. The fourth-order valence-electron chi connectivity index (χ4n) is 6.77. The number of anilines is 1. The van der Waals surface area contributed by atoms with Crippen molar-refractivity contribution in [1.29, 1.82) is 0 Å². The summed E-state index contributed by atoms with van der Waals surface area (Å²) in [5, 5.41) is 0. The largest absolute Gasteiger partial charge is 0.760 e. The zero-order valence-corrected chi connectivity index (χ0v) is 24.9. The van der Waals surface area contributed by atoms with Crippen molar-refractivity contribution in [3.05, 3.63) is 42.1 Å². The van der Waals surface area contributed by atoms with Crippen molar-refractivity contribution < 1.29 is 22.7 Å². The molecular weight excluding hydrogens is 547 g/mol. The number of ether oxygens (including phenoxy) is 1. The molecule has 5 rings (SSSR count). The van der Waals surface area contributed by atoms with Crippen LogP contribution in [0, 0.1) is 17.2 Å². The van der Waals surface area contributed by atoms with Crippen LogP contribution in [-0.2, 0) is 11.3 Å². The summed E-state index contributed by atoms with van der Waals surface area (Å²) >= 11 is -2.19. The summed E-state index contributed by atoms with van der Waals surface area (Å²) in [7, 11) is 0. The van der Waals surface area contributed by atoms with Crippen LogP contribution in [0.1, 0.15) is 63.2 Å². The van der Waals surface area contributed by atoms with E-state index in [0.29, 0.717) is 29.4 Å². The predicted molar refractivity (Wildman–Crippen MR) is 154 cm³/mol. The molecule has 1 saturated carbocycles. The third kappa shape index (κ3) is 6.87. The number of halogens is 1. The highest BCUT2D eigenvalue weighted by Gasteiger charge is 2.45. The summed E-state index contributed by atoms with van der Waals surface area (Å²) in [6.45, 7) is 11.1. The Balaban J connectivity index is 1.20. The number of nitrogens with one attached hydrogen (secondary N) is 1. The highest BCUT2D eigenvalue weighted by atomic mass is 32.2. The molecule has 2 atom stereocenters. The molecule has 3 heterocycles. The van der Waals surface area contributed by atoms with Crippen LogP contribution >= 0.6 is 0 Å². The van der Waals surface area contributed by atoms with Crippen LogP contribution in [0.4, 0.5) is 10.2 Å². The number of nitrogens with zero attached hydrogens (tertiary/aromatic N) is 5. The first-order chi connectivity index (χ1) is 19.7. The maximum atomic E-state index is 14.2. The SMILES string of the molecule is CCN(C(=O)c1cc(F)ccc1Oc1cncnc1N1CC[C@H](CN2CC3(CCC(NS(=O)[O-])CC3)C2)C1)C(C)C. The van der Waals surface area contributed by atoms with Crippen molar-refractivity contribution in [1.82, 2.24) is 24.5 Å². The maximum absolute atomic E-state index is 14.2. The third-order valence-corrected chi connectivity index (χ3v) is 9.33. The number of hydrogen-bond donors (Lipinski definition) is 1. The molecule has 1 amide bonds. The van der Waals surface area contributed by atoms with E-state index >= 15 is 0 Å². The number of aromatic nitrogens is 2. The number of amides is 1. The number of benzene rings is 1. The van der Waals surface area contributed by atoms with E-state index in [4.69, 9.17) is 4.74 Å². The van der Waals surface area contributed by atoms with E-state index in [1.807, 2.05) is 20.8 Å². The zero-order chi connectivity index (χ0) is 29.1. The molecule has 1 aromatic carbocycles. The Labute approximate surface area is 244 Å². The molecular formula is C29H40FN6O4S-. The Hall–Kier alpha value is -2.67. The lowest BCUT2D eigenvalue weighted by Crippen LogP contribution is -2.59. The lowest BCUT2D eigenvalue weighted by Gasteiger charge is -2.54. The molecule has 2 aromatic rings. The summed E-state index contributed by atoms with van der Waals surface area (Å²) in [6, 6.07) is 4.05. The average molecular weight is 588 g/mol. The molecule has 1 N–H and O–H groups in total. The molecule has 224 valence electrons. The molecule has 10 nitrogen and oxygen atoms in total. The van der Waals surface area contributed by atoms with Crippen LogP contribution in [0.3, 0.4) is 0 Å². The van der Waals surface area contributed by atoms with Crippen molar-refractivity contribution in [3.8, 4) is 11.5 Å². The first-order valence-corrected chi connectivity index (χ1v) is 15.6. The predicted octanol–water partition coefficient (Wildman–Crippen LogP) is 3.73. The van der Waals surface area contributed by atoms with Gasteiger partial charge in [0, 0.05) is 62.6 Å². The summed E-state index contributed by atoms with van der Waals surface area (Å²) in [4.78, 5) is 28.4. The summed E-state index contributed by atoms with van der Waals surface area (Å²) in [5.41, 5.74) is 0.509. The van der Waals surface area contributed by atoms with Gasteiger partial charge in [-0.3, -0.25) is 9.00 Å². The number of carbonyl (C=O) groups excluding carboxylic acids is 1. The van der Waals surface area contributed by atoms with Crippen molar-refractivity contribution in [2.45, 2.75) is 65.0 Å². The molecule has 3 fully saturated rings. The smallest absolute Gasteiger partial charge is 0.257 e. The van der Waals surface area contributed by atoms with Gasteiger partial charge < -0.3 is 24.0 Å². The van der Waals surface area contributed by atoms with E-state index in [-0.39, 0.29) is 29.3 Å². The van der Waals surface area contributed by atoms with E-state index in [1.54, 1.807) is 11.1 Å². The van der Waals surface area contributed by atoms with Crippen LogP contribution in [0.25, 0.3) is 0 Å². The van der Waals surface area contributed by atoms with Crippen molar-refractivity contribution in [2.24, 2.45) is 11.3 Å². The molecule has 0 radical (unpaired) electrons. The van der Waals surface area contributed by atoms with Gasteiger partial charge in [0.15, 0.2) is 11.6 Å². The van der Waals surface area contributed by atoms with Gasteiger partial charge in [-0.2, -0.15) is 0 Å². The van der Waals surface area contributed by atoms with E-state index in [2.05, 4.69) is 24.5 Å². The Morgan fingerprint density at radius 2 is 2.02 bits per heavy atom. The van der Waals surface area contributed by atoms with Gasteiger partial charge in [-0.15, -0.1) is 0 Å². The van der Waals surface area contributed by atoms with E-state index in [9.17, 15) is 17.9 Å². The highest BCUT2D eigenvalue weighted by molar-refractivity contribution is 7.77. The van der Waals surface area contributed by atoms with Gasteiger partial charge in [0.05, 0.1) is 11.8 Å². The van der Waals surface area contributed by atoms with Crippen LogP contribution in [0.2, 0.25) is 0 Å². The van der Waals surface area contributed by atoms with Gasteiger partial charge in [0.2, 0.25) is 0 Å². The van der Waals surface area contributed by atoms with E-state index in [1.165, 1.54) is 24.5 Å². The molecule has 2 saturated heterocycles. The minimum atomic E-state index is -2.19.